The SMILES string of the molecule is COCCN=C(NCCNC(=O)C1CC1)NCCc1ccco1. The molecule has 1 aliphatic rings. The van der Waals surface area contributed by atoms with E-state index in [-0.39, 0.29) is 11.8 Å². The van der Waals surface area contributed by atoms with Gasteiger partial charge in [-0.15, -0.1) is 0 Å². The van der Waals surface area contributed by atoms with Crippen molar-refractivity contribution in [2.75, 3.05) is 39.9 Å². The van der Waals surface area contributed by atoms with Crippen molar-refractivity contribution in [3.8, 4) is 0 Å². The smallest absolute Gasteiger partial charge is 0.223 e. The van der Waals surface area contributed by atoms with Crippen LogP contribution in [-0.2, 0) is 16.0 Å². The Morgan fingerprint density at radius 2 is 2.09 bits per heavy atom. The largest absolute Gasteiger partial charge is 0.469 e. The molecule has 23 heavy (non-hydrogen) atoms. The topological polar surface area (TPSA) is 87.9 Å². The van der Waals surface area contributed by atoms with Gasteiger partial charge < -0.3 is 25.1 Å². The summed E-state index contributed by atoms with van der Waals surface area (Å²) < 4.78 is 10.3. The molecule has 3 N–H and O–H groups in total. The Morgan fingerprint density at radius 3 is 2.78 bits per heavy atom. The number of amides is 1. The number of guanidine groups is 1. The predicted molar refractivity (Wildman–Crippen MR) is 88.3 cm³/mol. The van der Waals surface area contributed by atoms with Crippen molar-refractivity contribution in [2.45, 2.75) is 19.3 Å². The molecule has 1 fully saturated rings. The molecule has 128 valence electrons. The molecule has 1 aromatic rings. The first kappa shape index (κ1) is 17.3. The number of nitrogens with zero attached hydrogens (tertiary/aromatic N) is 1. The van der Waals surface area contributed by atoms with E-state index in [2.05, 4.69) is 20.9 Å². The number of aliphatic imine (C=N–C) groups is 1. The fraction of sp³-hybridized carbons (Fsp3) is 0.625. The minimum atomic E-state index is 0.162. The second-order valence-corrected chi connectivity index (χ2v) is 5.47. The minimum absolute atomic E-state index is 0.162. The van der Waals surface area contributed by atoms with Crippen LogP contribution in [0.15, 0.2) is 27.8 Å². The summed E-state index contributed by atoms with van der Waals surface area (Å²) in [5.41, 5.74) is 0. The van der Waals surface area contributed by atoms with E-state index in [4.69, 9.17) is 9.15 Å². The molecule has 0 spiro atoms. The van der Waals surface area contributed by atoms with Crippen LogP contribution < -0.4 is 16.0 Å². The van der Waals surface area contributed by atoms with E-state index in [0.29, 0.717) is 32.2 Å². The summed E-state index contributed by atoms with van der Waals surface area (Å²) in [5, 5.41) is 9.38. The summed E-state index contributed by atoms with van der Waals surface area (Å²) in [6.45, 7) is 3.11. The van der Waals surface area contributed by atoms with Gasteiger partial charge in [-0.3, -0.25) is 9.79 Å². The third kappa shape index (κ3) is 7.19. The highest BCUT2D eigenvalue weighted by molar-refractivity contribution is 5.81. The first-order valence-corrected chi connectivity index (χ1v) is 8.11. The molecule has 7 heteroatoms. The summed E-state index contributed by atoms with van der Waals surface area (Å²) in [5.74, 6) is 2.06. The number of ether oxygens (including phenoxy) is 1. The molecule has 1 amide bonds. The molecule has 2 rings (SSSR count). The molecule has 0 radical (unpaired) electrons. The predicted octanol–water partition coefficient (Wildman–Crippen LogP) is 0.530. The zero-order valence-corrected chi connectivity index (χ0v) is 13.6. The molecule has 0 aromatic carbocycles. The third-order valence-corrected chi connectivity index (χ3v) is 3.47. The van der Waals surface area contributed by atoms with Crippen molar-refractivity contribution in [3.63, 3.8) is 0 Å². The first-order chi connectivity index (χ1) is 11.3. The Hall–Kier alpha value is -2.02. The van der Waals surface area contributed by atoms with Gasteiger partial charge >= 0.3 is 0 Å². The highest BCUT2D eigenvalue weighted by atomic mass is 16.5. The highest BCUT2D eigenvalue weighted by Gasteiger charge is 2.28. The lowest BCUT2D eigenvalue weighted by molar-refractivity contribution is -0.122. The normalized spacial score (nSPS) is 14.6. The van der Waals surface area contributed by atoms with Gasteiger partial charge in [-0.1, -0.05) is 0 Å². The number of hydrogen-bond acceptors (Lipinski definition) is 4. The van der Waals surface area contributed by atoms with Crippen LogP contribution in [0, 0.1) is 5.92 Å². The molecule has 0 unspecified atom stereocenters. The lowest BCUT2D eigenvalue weighted by Gasteiger charge is -2.12. The Bertz CT molecular complexity index is 484. The van der Waals surface area contributed by atoms with Crippen LogP contribution in [0.4, 0.5) is 0 Å². The van der Waals surface area contributed by atoms with Crippen LogP contribution in [0.2, 0.25) is 0 Å². The summed E-state index contributed by atoms with van der Waals surface area (Å²) in [6, 6.07) is 3.83. The van der Waals surface area contributed by atoms with E-state index in [0.717, 1.165) is 31.6 Å². The number of nitrogens with one attached hydrogen (secondary N) is 3. The Balaban J connectivity index is 1.65. The summed E-state index contributed by atoms with van der Waals surface area (Å²) in [7, 11) is 1.65. The highest BCUT2D eigenvalue weighted by Crippen LogP contribution is 2.28. The lowest BCUT2D eigenvalue weighted by atomic mass is 10.3. The van der Waals surface area contributed by atoms with E-state index in [1.54, 1.807) is 13.4 Å². The maximum Gasteiger partial charge on any atom is 0.223 e. The summed E-state index contributed by atoms with van der Waals surface area (Å²) in [6.07, 6.45) is 4.51. The molecule has 0 bridgehead atoms. The zero-order valence-electron chi connectivity index (χ0n) is 13.6. The van der Waals surface area contributed by atoms with Gasteiger partial charge in [0.25, 0.3) is 0 Å². The standard InChI is InChI=1S/C16H26N4O3/c1-22-12-10-20-16(18-7-6-14-3-2-11-23-14)19-9-8-17-15(21)13-4-5-13/h2-3,11,13H,4-10,12H2,1H3,(H,17,21)(H2,18,19,20). The molecule has 1 aliphatic carbocycles. The number of furan rings is 1. The number of carbonyl (C=O) groups is 1. The van der Waals surface area contributed by atoms with Crippen molar-refractivity contribution >= 4 is 11.9 Å². The minimum Gasteiger partial charge on any atom is -0.469 e. The van der Waals surface area contributed by atoms with Gasteiger partial charge in [0.15, 0.2) is 5.96 Å². The molecule has 0 aliphatic heterocycles. The number of methoxy groups -OCH3 is 1. The molecule has 0 atom stereocenters. The zero-order chi connectivity index (χ0) is 16.3. The van der Waals surface area contributed by atoms with Crippen LogP contribution in [0.1, 0.15) is 18.6 Å². The molecule has 1 saturated carbocycles. The Kier molecular flexibility index (Phi) is 7.45. The first-order valence-electron chi connectivity index (χ1n) is 8.11. The van der Waals surface area contributed by atoms with Gasteiger partial charge in [0.05, 0.1) is 19.4 Å². The van der Waals surface area contributed by atoms with E-state index >= 15 is 0 Å². The number of hydrogen-bond donors (Lipinski definition) is 3. The van der Waals surface area contributed by atoms with Crippen molar-refractivity contribution in [1.29, 1.82) is 0 Å². The van der Waals surface area contributed by atoms with Gasteiger partial charge in [-0.25, -0.2) is 0 Å². The van der Waals surface area contributed by atoms with Crippen LogP contribution in [0.25, 0.3) is 0 Å². The average Bonchev–Trinajstić information content (AvgIpc) is 3.28. The Morgan fingerprint density at radius 1 is 1.30 bits per heavy atom. The molecule has 0 saturated heterocycles. The fourth-order valence-corrected chi connectivity index (χ4v) is 2.04. The fourth-order valence-electron chi connectivity index (χ4n) is 2.04. The van der Waals surface area contributed by atoms with Gasteiger partial charge in [0.2, 0.25) is 5.91 Å². The number of carbonyl (C=O) groups excluding carboxylic acids is 1. The molecular formula is C16H26N4O3. The third-order valence-electron chi connectivity index (χ3n) is 3.47. The van der Waals surface area contributed by atoms with Gasteiger partial charge in [0.1, 0.15) is 5.76 Å². The van der Waals surface area contributed by atoms with Gasteiger partial charge in [-0.05, 0) is 25.0 Å². The van der Waals surface area contributed by atoms with E-state index in [1.807, 2.05) is 12.1 Å². The molecule has 7 nitrogen and oxygen atoms in total. The Labute approximate surface area is 136 Å². The van der Waals surface area contributed by atoms with E-state index in [1.165, 1.54) is 0 Å². The van der Waals surface area contributed by atoms with Crippen LogP contribution in [0.3, 0.4) is 0 Å². The summed E-state index contributed by atoms with van der Waals surface area (Å²) >= 11 is 0. The van der Waals surface area contributed by atoms with Crippen LogP contribution >= 0.6 is 0 Å². The maximum atomic E-state index is 11.6. The van der Waals surface area contributed by atoms with Gasteiger partial charge in [0, 0.05) is 39.1 Å². The second-order valence-electron chi connectivity index (χ2n) is 5.47. The maximum absolute atomic E-state index is 11.6. The van der Waals surface area contributed by atoms with Crippen LogP contribution in [0.5, 0.6) is 0 Å². The van der Waals surface area contributed by atoms with Crippen LogP contribution in [-0.4, -0.2) is 51.8 Å². The monoisotopic (exact) mass is 322 g/mol. The van der Waals surface area contributed by atoms with E-state index in [9.17, 15) is 4.79 Å². The second kappa shape index (κ2) is 9.89. The molecular weight excluding hydrogens is 296 g/mol. The lowest BCUT2D eigenvalue weighted by Crippen LogP contribution is -2.42. The van der Waals surface area contributed by atoms with Crippen molar-refractivity contribution in [2.24, 2.45) is 10.9 Å². The molecule has 1 aromatic heterocycles. The average molecular weight is 322 g/mol. The van der Waals surface area contributed by atoms with Crippen molar-refractivity contribution in [3.05, 3.63) is 24.2 Å². The number of rotatable bonds is 10. The van der Waals surface area contributed by atoms with Crippen molar-refractivity contribution < 1.29 is 13.9 Å². The molecule has 1 heterocycles. The quantitative estimate of drug-likeness (QED) is 0.332. The summed E-state index contributed by atoms with van der Waals surface area (Å²) in [4.78, 5) is 16.0. The van der Waals surface area contributed by atoms with Gasteiger partial charge in [-0.2, -0.15) is 0 Å². The van der Waals surface area contributed by atoms with Crippen molar-refractivity contribution in [1.82, 2.24) is 16.0 Å². The van der Waals surface area contributed by atoms with E-state index < -0.39 is 0 Å².